The summed E-state index contributed by atoms with van der Waals surface area (Å²) in [4.78, 5) is 3.40. The third-order valence-corrected chi connectivity index (χ3v) is 6.73. The molecular formula is C27H25N3. The highest BCUT2D eigenvalue weighted by atomic mass is 15.0. The molecule has 0 bridgehead atoms. The first-order valence-electron chi connectivity index (χ1n) is 10.8. The van der Waals surface area contributed by atoms with Gasteiger partial charge in [-0.25, -0.2) is 0 Å². The fourth-order valence-corrected chi connectivity index (χ4v) is 5.18. The minimum atomic E-state index is 0.559. The maximum atomic E-state index is 6.08. The Morgan fingerprint density at radius 2 is 1.70 bits per heavy atom. The van der Waals surface area contributed by atoms with E-state index in [0.29, 0.717) is 5.92 Å². The van der Waals surface area contributed by atoms with Crippen molar-refractivity contribution in [2.45, 2.75) is 19.4 Å². The first-order valence-corrected chi connectivity index (χ1v) is 10.8. The van der Waals surface area contributed by atoms with E-state index in [2.05, 4.69) is 88.7 Å². The predicted octanol–water partition coefficient (Wildman–Crippen LogP) is 5.98. The van der Waals surface area contributed by atoms with E-state index >= 15 is 0 Å². The van der Waals surface area contributed by atoms with Gasteiger partial charge in [-0.15, -0.1) is 0 Å². The van der Waals surface area contributed by atoms with Gasteiger partial charge < -0.3 is 15.3 Å². The number of fused-ring (bicyclic) bond motifs is 4. The van der Waals surface area contributed by atoms with E-state index in [1.165, 1.54) is 49.6 Å². The van der Waals surface area contributed by atoms with Crippen LogP contribution in [0.5, 0.6) is 0 Å². The Morgan fingerprint density at radius 3 is 2.60 bits per heavy atom. The highest BCUT2D eigenvalue weighted by Crippen LogP contribution is 2.43. The number of benzene rings is 3. The number of para-hydroxylation sites is 1. The van der Waals surface area contributed by atoms with Crippen molar-refractivity contribution < 1.29 is 0 Å². The molecule has 0 aliphatic carbocycles. The van der Waals surface area contributed by atoms with E-state index < -0.39 is 0 Å². The molecule has 2 aromatic heterocycles. The molecule has 148 valence electrons. The zero-order chi connectivity index (χ0) is 20.1. The van der Waals surface area contributed by atoms with Crippen molar-refractivity contribution in [3.05, 3.63) is 84.8 Å². The van der Waals surface area contributed by atoms with Crippen molar-refractivity contribution in [1.29, 1.82) is 0 Å². The molecule has 0 saturated carbocycles. The van der Waals surface area contributed by atoms with Crippen LogP contribution in [0.4, 0.5) is 0 Å². The number of aromatic nitrogens is 2. The largest absolute Gasteiger partial charge is 0.366 e. The molecule has 0 amide bonds. The molecule has 0 saturated heterocycles. The lowest BCUT2D eigenvalue weighted by Gasteiger charge is -2.24. The van der Waals surface area contributed by atoms with Crippen LogP contribution in [0.1, 0.15) is 12.1 Å². The van der Waals surface area contributed by atoms with Crippen molar-refractivity contribution in [1.82, 2.24) is 9.55 Å². The van der Waals surface area contributed by atoms with E-state index in [1.807, 2.05) is 0 Å². The van der Waals surface area contributed by atoms with Gasteiger partial charge in [0.15, 0.2) is 0 Å². The molecule has 1 unspecified atom stereocenters. The summed E-state index contributed by atoms with van der Waals surface area (Å²) in [6.45, 7) is 1.80. The van der Waals surface area contributed by atoms with Crippen LogP contribution < -0.4 is 5.73 Å². The van der Waals surface area contributed by atoms with Gasteiger partial charge in [-0.1, -0.05) is 54.6 Å². The highest BCUT2D eigenvalue weighted by molar-refractivity contribution is 6.02. The maximum Gasteiger partial charge on any atom is 0.0489 e. The van der Waals surface area contributed by atoms with Gasteiger partial charge in [-0.2, -0.15) is 0 Å². The Labute approximate surface area is 176 Å². The molecule has 5 aromatic rings. The number of H-pyrrole nitrogens is 1. The number of rotatable bonds is 3. The van der Waals surface area contributed by atoms with Crippen LogP contribution in [-0.4, -0.2) is 16.1 Å². The van der Waals surface area contributed by atoms with Crippen LogP contribution in [0.3, 0.4) is 0 Å². The van der Waals surface area contributed by atoms with Crippen LogP contribution in [0.15, 0.2) is 79.1 Å². The molecule has 3 N–H and O–H groups in total. The lowest BCUT2D eigenvalue weighted by molar-refractivity contribution is 0.403. The number of aromatic amines is 1. The van der Waals surface area contributed by atoms with Crippen molar-refractivity contribution in [2.75, 3.05) is 6.54 Å². The quantitative estimate of drug-likeness (QED) is 0.391. The second-order valence-electron chi connectivity index (χ2n) is 8.43. The van der Waals surface area contributed by atoms with Crippen LogP contribution in [0, 0.1) is 5.92 Å². The average molecular weight is 392 g/mol. The smallest absolute Gasteiger partial charge is 0.0489 e. The summed E-state index contributed by atoms with van der Waals surface area (Å²) in [5, 5.41) is 3.89. The van der Waals surface area contributed by atoms with Gasteiger partial charge in [0, 0.05) is 52.2 Å². The molecule has 30 heavy (non-hydrogen) atoms. The van der Waals surface area contributed by atoms with E-state index in [9.17, 15) is 0 Å². The second-order valence-corrected chi connectivity index (χ2v) is 8.43. The van der Waals surface area contributed by atoms with E-state index in [4.69, 9.17) is 5.73 Å². The molecule has 0 fully saturated rings. The van der Waals surface area contributed by atoms with Gasteiger partial charge in [-0.05, 0) is 53.8 Å². The lowest BCUT2D eigenvalue weighted by Crippen LogP contribution is -2.25. The molecule has 1 atom stereocenters. The summed E-state index contributed by atoms with van der Waals surface area (Å²) in [6.07, 6.45) is 6.51. The lowest BCUT2D eigenvalue weighted by atomic mass is 9.90. The summed E-state index contributed by atoms with van der Waals surface area (Å²) < 4.78 is 2.52. The Bertz CT molecular complexity index is 1370. The third kappa shape index (κ3) is 2.62. The highest BCUT2D eigenvalue weighted by Gasteiger charge is 2.26. The minimum Gasteiger partial charge on any atom is -0.366 e. The summed E-state index contributed by atoms with van der Waals surface area (Å²) in [7, 11) is 0. The van der Waals surface area contributed by atoms with Crippen LogP contribution in [0.2, 0.25) is 0 Å². The van der Waals surface area contributed by atoms with Crippen LogP contribution in [0.25, 0.3) is 43.9 Å². The molecule has 3 nitrogen and oxygen atoms in total. The standard InChI is InChI=1S/C27H25N3/c28-15-18-11-12-30-25-8-4-3-7-22(25)27(26(30)13-18)24-17-29-16-23(24)21-10-9-19-5-1-2-6-20(19)14-21/h1-10,14,16-18,29H,11-13,15,28H2. The predicted molar refractivity (Wildman–Crippen MR) is 126 cm³/mol. The van der Waals surface area contributed by atoms with Gasteiger partial charge in [0.1, 0.15) is 0 Å². The normalized spacial score (nSPS) is 16.2. The molecule has 3 heterocycles. The number of nitrogens with zero attached hydrogens (tertiary/aromatic N) is 1. The Morgan fingerprint density at radius 1 is 0.900 bits per heavy atom. The Hall–Kier alpha value is -3.30. The zero-order valence-corrected chi connectivity index (χ0v) is 16.9. The van der Waals surface area contributed by atoms with E-state index in [1.54, 1.807) is 0 Å². The molecule has 3 aromatic carbocycles. The second kappa shape index (κ2) is 6.89. The van der Waals surface area contributed by atoms with Gasteiger partial charge >= 0.3 is 0 Å². The van der Waals surface area contributed by atoms with Crippen LogP contribution in [-0.2, 0) is 13.0 Å². The van der Waals surface area contributed by atoms with E-state index in [0.717, 1.165) is 25.9 Å². The first-order chi connectivity index (χ1) is 14.8. The summed E-state index contributed by atoms with van der Waals surface area (Å²) in [6, 6.07) is 24.1. The first kappa shape index (κ1) is 17.5. The third-order valence-electron chi connectivity index (χ3n) is 6.73. The zero-order valence-electron chi connectivity index (χ0n) is 16.9. The number of nitrogens with two attached hydrogens (primary N) is 1. The fraction of sp³-hybridized carbons (Fsp3) is 0.185. The topological polar surface area (TPSA) is 46.7 Å². The van der Waals surface area contributed by atoms with Crippen molar-refractivity contribution in [3.8, 4) is 22.3 Å². The number of aryl methyl sites for hydroxylation is 1. The monoisotopic (exact) mass is 391 g/mol. The number of nitrogens with one attached hydrogen (secondary N) is 1. The van der Waals surface area contributed by atoms with Crippen LogP contribution >= 0.6 is 0 Å². The molecule has 1 aliphatic heterocycles. The molecular weight excluding hydrogens is 366 g/mol. The SMILES string of the molecule is NCC1CCn2c(c(-c3c[nH]cc3-c3ccc4ccccc4c3)c3ccccc32)C1. The number of hydrogen-bond acceptors (Lipinski definition) is 1. The summed E-state index contributed by atoms with van der Waals surface area (Å²) in [5.41, 5.74) is 14.0. The molecule has 0 spiro atoms. The molecule has 1 aliphatic rings. The molecule has 0 radical (unpaired) electrons. The van der Waals surface area contributed by atoms with Gasteiger partial charge in [0.2, 0.25) is 0 Å². The van der Waals surface area contributed by atoms with Crippen molar-refractivity contribution in [2.24, 2.45) is 11.7 Å². The van der Waals surface area contributed by atoms with Gasteiger partial charge in [0.05, 0.1) is 0 Å². The fourth-order valence-electron chi connectivity index (χ4n) is 5.18. The van der Waals surface area contributed by atoms with Crippen molar-refractivity contribution in [3.63, 3.8) is 0 Å². The number of hydrogen-bond donors (Lipinski definition) is 2. The Balaban J connectivity index is 1.58. The molecule has 6 rings (SSSR count). The van der Waals surface area contributed by atoms with Gasteiger partial charge in [-0.3, -0.25) is 0 Å². The Kier molecular flexibility index (Phi) is 4.03. The summed E-state index contributed by atoms with van der Waals surface area (Å²) >= 11 is 0. The van der Waals surface area contributed by atoms with Crippen molar-refractivity contribution >= 4 is 21.7 Å². The maximum absolute atomic E-state index is 6.08. The van der Waals surface area contributed by atoms with Gasteiger partial charge in [0.25, 0.3) is 0 Å². The van der Waals surface area contributed by atoms with E-state index in [-0.39, 0.29) is 0 Å². The minimum absolute atomic E-state index is 0.559. The molecule has 3 heteroatoms. The average Bonchev–Trinajstić information content (AvgIpc) is 3.40. The summed E-state index contributed by atoms with van der Waals surface area (Å²) in [5.74, 6) is 0.559.